The molecule has 0 heterocycles. The van der Waals surface area contributed by atoms with Gasteiger partial charge in [-0.3, -0.25) is 0 Å². The second-order valence-electron chi connectivity index (χ2n) is 5.51. The first-order chi connectivity index (χ1) is 8.88. The molecule has 0 amide bonds. The fraction of sp³-hybridized carbons (Fsp3) is 0.600. The molecule has 1 fully saturated rings. The Morgan fingerprint density at radius 2 is 1.79 bits per heavy atom. The topological polar surface area (TPSA) is 20.2 Å². The van der Waals surface area contributed by atoms with Gasteiger partial charge in [-0.05, 0) is 44.1 Å². The molecule has 1 unspecified atom stereocenters. The number of alkyl halides is 3. The van der Waals surface area contributed by atoms with Crippen LogP contribution in [0.3, 0.4) is 0 Å². The number of halogens is 3. The third-order valence-corrected chi connectivity index (χ3v) is 4.06. The van der Waals surface area contributed by atoms with E-state index in [1.807, 2.05) is 31.2 Å². The zero-order chi connectivity index (χ0) is 14.0. The summed E-state index contributed by atoms with van der Waals surface area (Å²) in [4.78, 5) is 0. The molecule has 19 heavy (non-hydrogen) atoms. The second-order valence-corrected chi connectivity index (χ2v) is 5.51. The Morgan fingerprint density at radius 1 is 1.16 bits per heavy atom. The molecule has 0 radical (unpaired) electrons. The van der Waals surface area contributed by atoms with E-state index in [2.05, 4.69) is 0 Å². The van der Waals surface area contributed by atoms with Gasteiger partial charge in [0.25, 0.3) is 0 Å². The van der Waals surface area contributed by atoms with E-state index in [1.165, 1.54) is 0 Å². The largest absolute Gasteiger partial charge is 0.391 e. The van der Waals surface area contributed by atoms with Gasteiger partial charge >= 0.3 is 6.18 Å². The first kappa shape index (κ1) is 14.4. The summed E-state index contributed by atoms with van der Waals surface area (Å²) in [6.07, 6.45) is -3.57. The molecule has 0 spiro atoms. The summed E-state index contributed by atoms with van der Waals surface area (Å²) in [6.45, 7) is 1.94. The molecule has 1 aromatic rings. The Labute approximate surface area is 111 Å². The van der Waals surface area contributed by atoms with Crippen LogP contribution in [0, 0.1) is 18.8 Å². The highest BCUT2D eigenvalue weighted by atomic mass is 19.4. The third-order valence-electron chi connectivity index (χ3n) is 4.06. The van der Waals surface area contributed by atoms with Crippen LogP contribution in [0.1, 0.15) is 42.9 Å². The Balaban J connectivity index is 1.98. The van der Waals surface area contributed by atoms with Crippen molar-refractivity contribution < 1.29 is 18.3 Å². The van der Waals surface area contributed by atoms with Crippen LogP contribution in [0.25, 0.3) is 0 Å². The second kappa shape index (κ2) is 5.53. The maximum atomic E-state index is 12.6. The molecule has 1 saturated carbocycles. The van der Waals surface area contributed by atoms with Gasteiger partial charge in [-0.15, -0.1) is 0 Å². The molecule has 0 aromatic heterocycles. The molecule has 1 aromatic carbocycles. The van der Waals surface area contributed by atoms with Crippen molar-refractivity contribution in [1.82, 2.24) is 0 Å². The van der Waals surface area contributed by atoms with E-state index in [1.54, 1.807) is 0 Å². The molecule has 1 N–H and O–H groups in total. The fourth-order valence-corrected chi connectivity index (χ4v) is 2.89. The standard InChI is InChI=1S/C15H19F3O/c1-10-3-2-4-12(9-10)14(19)11-5-7-13(8-6-11)15(16,17)18/h2-4,9,11,13-14,19H,5-8H2,1H3. The van der Waals surface area contributed by atoms with Gasteiger partial charge in [-0.25, -0.2) is 0 Å². The van der Waals surface area contributed by atoms with Crippen LogP contribution in [0.5, 0.6) is 0 Å². The van der Waals surface area contributed by atoms with Crippen LogP contribution in [-0.2, 0) is 0 Å². The van der Waals surface area contributed by atoms with Crippen molar-refractivity contribution in [3.63, 3.8) is 0 Å². The molecule has 0 bridgehead atoms. The van der Waals surface area contributed by atoms with Crippen LogP contribution in [0.2, 0.25) is 0 Å². The molecule has 1 nitrogen and oxygen atoms in total. The number of aliphatic hydroxyl groups excluding tert-OH is 1. The molecule has 2 rings (SSSR count). The van der Waals surface area contributed by atoms with Crippen LogP contribution < -0.4 is 0 Å². The summed E-state index contributed by atoms with van der Waals surface area (Å²) in [5.41, 5.74) is 1.87. The lowest BCUT2D eigenvalue weighted by Gasteiger charge is -2.32. The fourth-order valence-electron chi connectivity index (χ4n) is 2.89. The Kier molecular flexibility index (Phi) is 4.19. The van der Waals surface area contributed by atoms with E-state index >= 15 is 0 Å². The summed E-state index contributed by atoms with van der Waals surface area (Å²) >= 11 is 0. The van der Waals surface area contributed by atoms with Crippen molar-refractivity contribution in [3.8, 4) is 0 Å². The van der Waals surface area contributed by atoms with Crippen LogP contribution >= 0.6 is 0 Å². The third kappa shape index (κ3) is 3.50. The normalized spacial score (nSPS) is 26.2. The average molecular weight is 272 g/mol. The van der Waals surface area contributed by atoms with Crippen molar-refractivity contribution in [2.75, 3.05) is 0 Å². The molecule has 4 heteroatoms. The van der Waals surface area contributed by atoms with E-state index in [-0.39, 0.29) is 18.8 Å². The van der Waals surface area contributed by atoms with Gasteiger partial charge in [0.2, 0.25) is 0 Å². The summed E-state index contributed by atoms with van der Waals surface area (Å²) < 4.78 is 37.7. The highest BCUT2D eigenvalue weighted by molar-refractivity contribution is 5.24. The van der Waals surface area contributed by atoms with Gasteiger partial charge in [-0.1, -0.05) is 29.8 Å². The minimum atomic E-state index is -4.08. The quantitative estimate of drug-likeness (QED) is 0.846. The molecule has 1 aliphatic carbocycles. The number of rotatable bonds is 2. The summed E-state index contributed by atoms with van der Waals surface area (Å²) in [6, 6.07) is 7.56. The lowest BCUT2D eigenvalue weighted by atomic mass is 9.77. The number of benzene rings is 1. The number of aryl methyl sites for hydroxylation is 1. The Morgan fingerprint density at radius 3 is 2.32 bits per heavy atom. The average Bonchev–Trinajstić information content (AvgIpc) is 2.37. The monoisotopic (exact) mass is 272 g/mol. The van der Waals surface area contributed by atoms with Crippen molar-refractivity contribution >= 4 is 0 Å². The van der Waals surface area contributed by atoms with Gasteiger partial charge in [0.15, 0.2) is 0 Å². The maximum Gasteiger partial charge on any atom is 0.391 e. The molecular weight excluding hydrogens is 253 g/mol. The van der Waals surface area contributed by atoms with E-state index in [4.69, 9.17) is 0 Å². The first-order valence-electron chi connectivity index (χ1n) is 6.69. The lowest BCUT2D eigenvalue weighted by Crippen LogP contribution is -2.29. The van der Waals surface area contributed by atoms with Crippen LogP contribution in [0.15, 0.2) is 24.3 Å². The van der Waals surface area contributed by atoms with Crippen LogP contribution in [-0.4, -0.2) is 11.3 Å². The Hall–Kier alpha value is -1.03. The van der Waals surface area contributed by atoms with Crippen LogP contribution in [0.4, 0.5) is 13.2 Å². The SMILES string of the molecule is Cc1cccc(C(O)C2CCC(C(F)(F)F)CC2)c1. The van der Waals surface area contributed by atoms with Crippen molar-refractivity contribution in [2.24, 2.45) is 11.8 Å². The smallest absolute Gasteiger partial charge is 0.388 e. The van der Waals surface area contributed by atoms with E-state index < -0.39 is 18.2 Å². The summed E-state index contributed by atoms with van der Waals surface area (Å²) in [5.74, 6) is -1.24. The molecular formula is C15H19F3O. The number of hydrogen-bond acceptors (Lipinski definition) is 1. The first-order valence-corrected chi connectivity index (χ1v) is 6.69. The lowest BCUT2D eigenvalue weighted by molar-refractivity contribution is -0.185. The summed E-state index contributed by atoms with van der Waals surface area (Å²) in [7, 11) is 0. The predicted molar refractivity (Wildman–Crippen MR) is 67.6 cm³/mol. The predicted octanol–water partition coefficient (Wildman–Crippen LogP) is 4.40. The zero-order valence-electron chi connectivity index (χ0n) is 11.0. The van der Waals surface area contributed by atoms with Crippen molar-refractivity contribution in [2.45, 2.75) is 44.9 Å². The number of aliphatic hydroxyl groups is 1. The number of hydrogen-bond donors (Lipinski definition) is 1. The molecule has 1 atom stereocenters. The van der Waals surface area contributed by atoms with Gasteiger partial charge in [0.05, 0.1) is 12.0 Å². The van der Waals surface area contributed by atoms with E-state index in [0.29, 0.717) is 12.8 Å². The minimum Gasteiger partial charge on any atom is -0.388 e. The molecule has 1 aliphatic rings. The maximum absolute atomic E-state index is 12.6. The van der Waals surface area contributed by atoms with E-state index in [0.717, 1.165) is 11.1 Å². The van der Waals surface area contributed by atoms with Crippen molar-refractivity contribution in [3.05, 3.63) is 35.4 Å². The molecule has 0 saturated heterocycles. The highest BCUT2D eigenvalue weighted by Crippen LogP contribution is 2.43. The van der Waals surface area contributed by atoms with Gasteiger partial charge in [0.1, 0.15) is 0 Å². The Bertz CT molecular complexity index is 420. The summed E-state index contributed by atoms with van der Waals surface area (Å²) in [5, 5.41) is 10.3. The van der Waals surface area contributed by atoms with E-state index in [9.17, 15) is 18.3 Å². The highest BCUT2D eigenvalue weighted by Gasteiger charge is 2.42. The van der Waals surface area contributed by atoms with Gasteiger partial charge in [0, 0.05) is 0 Å². The molecule has 106 valence electrons. The zero-order valence-corrected chi connectivity index (χ0v) is 11.0. The van der Waals surface area contributed by atoms with Crippen molar-refractivity contribution in [1.29, 1.82) is 0 Å². The van der Waals surface area contributed by atoms with Gasteiger partial charge in [-0.2, -0.15) is 13.2 Å². The minimum absolute atomic E-state index is 0.0552. The molecule has 0 aliphatic heterocycles. The van der Waals surface area contributed by atoms with Gasteiger partial charge < -0.3 is 5.11 Å².